The van der Waals surface area contributed by atoms with Gasteiger partial charge < -0.3 is 20.4 Å². The van der Waals surface area contributed by atoms with Gasteiger partial charge in [0.25, 0.3) is 5.91 Å². The second-order valence-electron chi connectivity index (χ2n) is 5.48. The molecule has 0 saturated heterocycles. The molecule has 1 unspecified atom stereocenters. The molecule has 1 aromatic heterocycles. The molecule has 0 radical (unpaired) electrons. The number of carbonyl (C=O) groups is 3. The van der Waals surface area contributed by atoms with Crippen molar-refractivity contribution >= 4 is 17.7 Å². The predicted octanol–water partition coefficient (Wildman–Crippen LogP) is 1.22. The van der Waals surface area contributed by atoms with Gasteiger partial charge in [0.1, 0.15) is 6.04 Å². The molecular formula is C18H21N3O4. The fourth-order valence-electron chi connectivity index (χ4n) is 2.08. The van der Waals surface area contributed by atoms with Gasteiger partial charge in [-0.25, -0.2) is 0 Å². The molecule has 0 aliphatic carbocycles. The third-order valence-corrected chi connectivity index (χ3v) is 3.47. The molecule has 0 saturated carbocycles. The zero-order valence-corrected chi connectivity index (χ0v) is 14.0. The fraction of sp³-hybridized carbons (Fsp3) is 0.278. The standard InChI is InChI=1S/C18H21N3O4/c1-13(21-18(24)15-8-5-11-25-15)17(23)19-10-9-16(22)20-12-14-6-3-2-4-7-14/h2-8,11,13H,9-10,12H2,1H3,(H,19,23)(H,20,22)(H,21,24). The second-order valence-corrected chi connectivity index (χ2v) is 5.48. The summed E-state index contributed by atoms with van der Waals surface area (Å²) in [5.41, 5.74) is 1.01. The topological polar surface area (TPSA) is 100 Å². The van der Waals surface area contributed by atoms with Crippen molar-refractivity contribution in [2.45, 2.75) is 25.9 Å². The number of amides is 3. The van der Waals surface area contributed by atoms with Crippen molar-refractivity contribution in [3.8, 4) is 0 Å². The highest BCUT2D eigenvalue weighted by molar-refractivity contribution is 5.95. The van der Waals surface area contributed by atoms with E-state index in [1.54, 1.807) is 13.0 Å². The predicted molar refractivity (Wildman–Crippen MR) is 91.6 cm³/mol. The van der Waals surface area contributed by atoms with Crippen molar-refractivity contribution in [3.63, 3.8) is 0 Å². The quantitative estimate of drug-likeness (QED) is 0.671. The van der Waals surface area contributed by atoms with Gasteiger partial charge in [0.05, 0.1) is 6.26 Å². The Labute approximate surface area is 145 Å². The first-order valence-electron chi connectivity index (χ1n) is 7.99. The van der Waals surface area contributed by atoms with Crippen LogP contribution in [0.25, 0.3) is 0 Å². The minimum atomic E-state index is -0.732. The van der Waals surface area contributed by atoms with E-state index >= 15 is 0 Å². The van der Waals surface area contributed by atoms with E-state index in [-0.39, 0.29) is 30.5 Å². The van der Waals surface area contributed by atoms with Gasteiger partial charge in [-0.15, -0.1) is 0 Å². The summed E-state index contributed by atoms with van der Waals surface area (Å²) in [5, 5.41) is 7.92. The molecule has 0 aliphatic rings. The molecule has 3 N–H and O–H groups in total. The summed E-state index contributed by atoms with van der Waals surface area (Å²) in [5.74, 6) is -0.847. The highest BCUT2D eigenvalue weighted by Crippen LogP contribution is 2.00. The van der Waals surface area contributed by atoms with Crippen LogP contribution in [0.15, 0.2) is 53.1 Å². The normalized spacial score (nSPS) is 11.4. The van der Waals surface area contributed by atoms with Gasteiger partial charge in [0.2, 0.25) is 11.8 Å². The van der Waals surface area contributed by atoms with Crippen molar-refractivity contribution in [3.05, 3.63) is 60.1 Å². The summed E-state index contributed by atoms with van der Waals surface area (Å²) in [6.07, 6.45) is 1.55. The summed E-state index contributed by atoms with van der Waals surface area (Å²) in [6, 6.07) is 11.9. The van der Waals surface area contributed by atoms with E-state index < -0.39 is 11.9 Å². The number of benzene rings is 1. The van der Waals surface area contributed by atoms with Crippen LogP contribution in [-0.2, 0) is 16.1 Å². The van der Waals surface area contributed by atoms with Gasteiger partial charge in [-0.05, 0) is 24.6 Å². The maximum Gasteiger partial charge on any atom is 0.287 e. The number of rotatable bonds is 8. The number of furan rings is 1. The molecule has 3 amide bonds. The summed E-state index contributed by atoms with van der Waals surface area (Å²) >= 11 is 0. The van der Waals surface area contributed by atoms with Crippen LogP contribution < -0.4 is 16.0 Å². The monoisotopic (exact) mass is 343 g/mol. The number of nitrogens with one attached hydrogen (secondary N) is 3. The van der Waals surface area contributed by atoms with Crippen molar-refractivity contribution in [2.24, 2.45) is 0 Å². The van der Waals surface area contributed by atoms with Crippen LogP contribution in [0.4, 0.5) is 0 Å². The Kier molecular flexibility index (Phi) is 6.76. The molecule has 0 fully saturated rings. The molecule has 1 heterocycles. The van der Waals surface area contributed by atoms with Crippen LogP contribution in [0.5, 0.6) is 0 Å². The van der Waals surface area contributed by atoms with Crippen LogP contribution >= 0.6 is 0 Å². The van der Waals surface area contributed by atoms with Gasteiger partial charge in [-0.1, -0.05) is 30.3 Å². The third kappa shape index (κ3) is 6.14. The molecule has 0 bridgehead atoms. The summed E-state index contributed by atoms with van der Waals surface area (Å²) < 4.78 is 4.96. The minimum absolute atomic E-state index is 0.139. The summed E-state index contributed by atoms with van der Waals surface area (Å²) in [6.45, 7) is 2.20. The molecule has 1 atom stereocenters. The van der Waals surface area contributed by atoms with Crippen LogP contribution in [0, 0.1) is 0 Å². The Morgan fingerprint density at radius 3 is 2.48 bits per heavy atom. The average molecular weight is 343 g/mol. The van der Waals surface area contributed by atoms with Gasteiger partial charge in [-0.2, -0.15) is 0 Å². The van der Waals surface area contributed by atoms with Gasteiger partial charge in [0, 0.05) is 19.5 Å². The van der Waals surface area contributed by atoms with E-state index in [9.17, 15) is 14.4 Å². The van der Waals surface area contributed by atoms with E-state index in [2.05, 4.69) is 16.0 Å². The fourth-order valence-corrected chi connectivity index (χ4v) is 2.08. The maximum absolute atomic E-state index is 11.9. The Bertz CT molecular complexity index is 698. The first-order chi connectivity index (χ1) is 12.1. The van der Waals surface area contributed by atoms with Crippen molar-refractivity contribution in [1.29, 1.82) is 0 Å². The zero-order chi connectivity index (χ0) is 18.1. The molecule has 2 aromatic rings. The Balaban J connectivity index is 1.64. The maximum atomic E-state index is 11.9. The highest BCUT2D eigenvalue weighted by atomic mass is 16.3. The lowest BCUT2D eigenvalue weighted by molar-refractivity contribution is -0.123. The first kappa shape index (κ1) is 18.3. The molecule has 0 spiro atoms. The lowest BCUT2D eigenvalue weighted by atomic mass is 10.2. The molecule has 7 nitrogen and oxygen atoms in total. The first-order valence-corrected chi connectivity index (χ1v) is 7.99. The third-order valence-electron chi connectivity index (χ3n) is 3.47. The Morgan fingerprint density at radius 2 is 1.80 bits per heavy atom. The van der Waals surface area contributed by atoms with Gasteiger partial charge in [-0.3, -0.25) is 14.4 Å². The van der Waals surface area contributed by atoms with E-state index in [0.29, 0.717) is 6.54 Å². The lowest BCUT2D eigenvalue weighted by Gasteiger charge is -2.13. The van der Waals surface area contributed by atoms with Gasteiger partial charge >= 0.3 is 0 Å². The van der Waals surface area contributed by atoms with Crippen molar-refractivity contribution in [2.75, 3.05) is 6.54 Å². The molecular weight excluding hydrogens is 322 g/mol. The molecule has 7 heteroatoms. The SMILES string of the molecule is CC(NC(=O)c1ccco1)C(=O)NCCC(=O)NCc1ccccc1. The van der Waals surface area contributed by atoms with Crippen molar-refractivity contribution < 1.29 is 18.8 Å². The van der Waals surface area contributed by atoms with E-state index in [1.807, 2.05) is 30.3 Å². The molecule has 0 aliphatic heterocycles. The smallest absolute Gasteiger partial charge is 0.287 e. The van der Waals surface area contributed by atoms with Crippen molar-refractivity contribution in [1.82, 2.24) is 16.0 Å². The highest BCUT2D eigenvalue weighted by Gasteiger charge is 2.17. The Morgan fingerprint density at radius 1 is 1.04 bits per heavy atom. The van der Waals surface area contributed by atoms with Crippen LogP contribution in [-0.4, -0.2) is 30.3 Å². The zero-order valence-electron chi connectivity index (χ0n) is 14.0. The van der Waals surface area contributed by atoms with E-state index in [0.717, 1.165) is 5.56 Å². The van der Waals surface area contributed by atoms with Crippen LogP contribution in [0.2, 0.25) is 0 Å². The Hall–Kier alpha value is -3.09. The van der Waals surface area contributed by atoms with E-state index in [1.165, 1.54) is 12.3 Å². The largest absolute Gasteiger partial charge is 0.459 e. The molecule has 1 aromatic carbocycles. The number of hydrogen-bond acceptors (Lipinski definition) is 4. The number of carbonyl (C=O) groups excluding carboxylic acids is 3. The molecule has 25 heavy (non-hydrogen) atoms. The van der Waals surface area contributed by atoms with Gasteiger partial charge in [0.15, 0.2) is 5.76 Å². The molecule has 132 valence electrons. The molecule has 2 rings (SSSR count). The summed E-state index contributed by atoms with van der Waals surface area (Å²) in [4.78, 5) is 35.5. The lowest BCUT2D eigenvalue weighted by Crippen LogP contribution is -2.45. The van der Waals surface area contributed by atoms with Crippen LogP contribution in [0.3, 0.4) is 0 Å². The second kappa shape index (κ2) is 9.27. The summed E-state index contributed by atoms with van der Waals surface area (Å²) in [7, 11) is 0. The average Bonchev–Trinajstić information content (AvgIpc) is 3.15. The van der Waals surface area contributed by atoms with Crippen LogP contribution in [0.1, 0.15) is 29.5 Å². The minimum Gasteiger partial charge on any atom is -0.459 e. The number of hydrogen-bond donors (Lipinski definition) is 3. The van der Waals surface area contributed by atoms with E-state index in [4.69, 9.17) is 4.42 Å².